The second kappa shape index (κ2) is 73.1. The molecule has 0 atom stereocenters. The molecule has 5 heavy (non-hydrogen) atoms. The van der Waals surface area contributed by atoms with Gasteiger partial charge < -0.3 is 6.92 Å². The maximum absolute atomic E-state index is 3.25. The van der Waals surface area contributed by atoms with E-state index in [4.69, 9.17) is 0 Å². The van der Waals surface area contributed by atoms with Gasteiger partial charge in [-0.2, -0.15) is 6.92 Å². The van der Waals surface area contributed by atoms with Crippen LogP contribution in [0.3, 0.4) is 0 Å². The van der Waals surface area contributed by atoms with E-state index in [1.54, 1.807) is 6.92 Å². The van der Waals surface area contributed by atoms with Crippen LogP contribution < -0.4 is 0 Å². The zero-order valence-electron chi connectivity index (χ0n) is 2.84. The first-order chi connectivity index (χ1) is 1.00. The monoisotopic (exact) mass is 159 g/mol. The van der Waals surface area contributed by atoms with Crippen molar-refractivity contribution in [3.8, 4) is 0 Å². The van der Waals surface area contributed by atoms with Gasteiger partial charge in [-0.05, 0) is 0 Å². The molecule has 0 rings (SSSR count). The smallest absolute Gasteiger partial charge is 0 e. The Hall–Kier alpha value is 1.07. The maximum Gasteiger partial charge on any atom is 0 e. The Morgan fingerprint density at radius 1 is 1.00 bits per heavy atom. The third kappa shape index (κ3) is 41.6. The van der Waals surface area contributed by atoms with Crippen LogP contribution in [-0.4, -0.2) is 0 Å². The molecule has 0 fully saturated rings. The average Bonchev–Trinajstić information content (AvgIpc) is 1.00. The van der Waals surface area contributed by atoms with E-state index in [0.717, 1.165) is 0 Å². The van der Waals surface area contributed by atoms with Gasteiger partial charge in [0.1, 0.15) is 0 Å². The van der Waals surface area contributed by atoms with Crippen molar-refractivity contribution in [3.63, 3.8) is 0 Å². The molecule has 0 amide bonds. The summed E-state index contributed by atoms with van der Waals surface area (Å²) in [5.74, 6) is 0. The summed E-state index contributed by atoms with van der Waals surface area (Å²) in [6, 6.07) is 0. The first-order valence-corrected chi connectivity index (χ1v) is 0.707. The van der Waals surface area contributed by atoms with Crippen molar-refractivity contribution in [2.75, 3.05) is 0 Å². The quantitative estimate of drug-likeness (QED) is 0.374. The molecule has 0 aliphatic rings. The molecule has 0 bridgehead atoms. The average molecular weight is 161 g/mol. The SMILES string of the molecule is Cl.Cl.[CH2-]C.[Ni]. The minimum Gasteiger partial charge on any atom is -0.346 e. The van der Waals surface area contributed by atoms with E-state index >= 15 is 0 Å². The molecule has 0 spiro atoms. The van der Waals surface area contributed by atoms with Crippen molar-refractivity contribution in [2.45, 2.75) is 6.92 Å². The largest absolute Gasteiger partial charge is 0.346 e. The molecule has 0 aromatic rings. The molecule has 0 saturated heterocycles. The van der Waals surface area contributed by atoms with Crippen molar-refractivity contribution in [3.05, 3.63) is 6.92 Å². The van der Waals surface area contributed by atoms with Gasteiger partial charge in [0.25, 0.3) is 0 Å². The van der Waals surface area contributed by atoms with Gasteiger partial charge in [0.15, 0.2) is 0 Å². The van der Waals surface area contributed by atoms with Crippen LogP contribution in [0.4, 0.5) is 0 Å². The summed E-state index contributed by atoms with van der Waals surface area (Å²) >= 11 is 0. The summed E-state index contributed by atoms with van der Waals surface area (Å²) in [5, 5.41) is 0. The zero-order chi connectivity index (χ0) is 2.00. The molecule has 0 aliphatic heterocycles. The molecule has 3 heteroatoms. The second-order valence-electron chi connectivity index (χ2n) is 0. The van der Waals surface area contributed by atoms with Crippen molar-refractivity contribution < 1.29 is 16.5 Å². The predicted molar refractivity (Wildman–Crippen MR) is 25.5 cm³/mol. The van der Waals surface area contributed by atoms with Gasteiger partial charge in [-0.3, -0.25) is 0 Å². The fourth-order valence-corrected chi connectivity index (χ4v) is 0. The Morgan fingerprint density at radius 2 is 1.00 bits per heavy atom. The third-order valence-electron chi connectivity index (χ3n) is 0. The summed E-state index contributed by atoms with van der Waals surface area (Å²) in [7, 11) is 0. The van der Waals surface area contributed by atoms with Gasteiger partial charge in [-0.15, -0.1) is 24.8 Å². The Balaban J connectivity index is -0.00000000167. The Kier molecular flexibility index (Phi) is 531. The number of halogens is 2. The van der Waals surface area contributed by atoms with E-state index in [9.17, 15) is 0 Å². The van der Waals surface area contributed by atoms with Crippen LogP contribution in [0.2, 0.25) is 0 Å². The summed E-state index contributed by atoms with van der Waals surface area (Å²) in [5.41, 5.74) is 0. The van der Waals surface area contributed by atoms with Crippen molar-refractivity contribution in [1.82, 2.24) is 0 Å². The molecule has 0 saturated carbocycles. The number of rotatable bonds is 0. The number of hydrogen-bond donors (Lipinski definition) is 0. The van der Waals surface area contributed by atoms with Gasteiger partial charge in [-0.1, -0.05) is 0 Å². The molecule has 0 aliphatic carbocycles. The van der Waals surface area contributed by atoms with Crippen LogP contribution in [0, 0.1) is 6.92 Å². The summed E-state index contributed by atoms with van der Waals surface area (Å²) in [4.78, 5) is 0. The zero-order valence-corrected chi connectivity index (χ0v) is 5.46. The van der Waals surface area contributed by atoms with E-state index in [0.29, 0.717) is 0 Å². The molecule has 0 nitrogen and oxygen atoms in total. The van der Waals surface area contributed by atoms with E-state index in [-0.39, 0.29) is 41.3 Å². The van der Waals surface area contributed by atoms with E-state index < -0.39 is 0 Å². The molecule has 0 radical (unpaired) electrons. The van der Waals surface area contributed by atoms with Crippen LogP contribution in [0.5, 0.6) is 0 Å². The first-order valence-electron chi connectivity index (χ1n) is 0.707. The van der Waals surface area contributed by atoms with Gasteiger partial charge in [0.2, 0.25) is 0 Å². The molecular formula is C2H7Cl2Ni-. The topological polar surface area (TPSA) is 0 Å². The van der Waals surface area contributed by atoms with Crippen molar-refractivity contribution >= 4 is 24.8 Å². The fourth-order valence-electron chi connectivity index (χ4n) is 0. The second-order valence-corrected chi connectivity index (χ2v) is 0. The van der Waals surface area contributed by atoms with Gasteiger partial charge >= 0.3 is 0 Å². The van der Waals surface area contributed by atoms with Crippen LogP contribution in [0.25, 0.3) is 0 Å². The van der Waals surface area contributed by atoms with Crippen LogP contribution in [0.1, 0.15) is 6.92 Å². The maximum atomic E-state index is 3.25. The summed E-state index contributed by atoms with van der Waals surface area (Å²) in [6.07, 6.45) is 0. The van der Waals surface area contributed by atoms with Gasteiger partial charge in [0, 0.05) is 16.5 Å². The Labute approximate surface area is 55.5 Å². The molecule has 0 aromatic carbocycles. The molecule has 0 aromatic heterocycles. The Morgan fingerprint density at radius 3 is 1.00 bits per heavy atom. The first kappa shape index (κ1) is 36.4. The van der Waals surface area contributed by atoms with Crippen LogP contribution in [0.15, 0.2) is 0 Å². The standard InChI is InChI=1S/C2H5.2ClH.Ni/c1-2;;;/h1H2,2H3;2*1H;/q-1;;;. The van der Waals surface area contributed by atoms with Crippen LogP contribution >= 0.6 is 24.8 Å². The molecular weight excluding hydrogens is 154 g/mol. The fraction of sp³-hybridized carbons (Fsp3) is 0.500. The minimum absolute atomic E-state index is 0. The van der Waals surface area contributed by atoms with Gasteiger partial charge in [0.05, 0.1) is 0 Å². The summed E-state index contributed by atoms with van der Waals surface area (Å²) in [6.45, 7) is 5.00. The van der Waals surface area contributed by atoms with Crippen molar-refractivity contribution in [1.29, 1.82) is 0 Å². The normalized spacial score (nSPS) is 1.20. The minimum atomic E-state index is 0. The van der Waals surface area contributed by atoms with Crippen LogP contribution in [-0.2, 0) is 16.5 Å². The van der Waals surface area contributed by atoms with Gasteiger partial charge in [-0.25, -0.2) is 0 Å². The van der Waals surface area contributed by atoms with E-state index in [1.807, 2.05) is 0 Å². The van der Waals surface area contributed by atoms with E-state index in [2.05, 4.69) is 6.92 Å². The third-order valence-corrected chi connectivity index (χ3v) is 0. The van der Waals surface area contributed by atoms with E-state index in [1.165, 1.54) is 0 Å². The van der Waals surface area contributed by atoms with Crippen molar-refractivity contribution in [2.24, 2.45) is 0 Å². The summed E-state index contributed by atoms with van der Waals surface area (Å²) < 4.78 is 0. The molecule has 0 heterocycles. The number of hydrogen-bond acceptors (Lipinski definition) is 0. The molecule has 0 N–H and O–H groups in total. The Bertz CT molecular complexity index is 7.61. The predicted octanol–water partition coefficient (Wildman–Crippen LogP) is 1.68. The molecule has 40 valence electrons. The molecule has 0 unspecified atom stereocenters.